The van der Waals surface area contributed by atoms with E-state index in [0.717, 1.165) is 17.7 Å². The van der Waals surface area contributed by atoms with Crippen LogP contribution in [0.25, 0.3) is 0 Å². The lowest BCUT2D eigenvalue weighted by Crippen LogP contribution is -2.26. The number of carbonyl (C=O) groups excluding carboxylic acids is 1. The van der Waals surface area contributed by atoms with Crippen molar-refractivity contribution in [3.05, 3.63) is 28.8 Å². The zero-order valence-corrected chi connectivity index (χ0v) is 8.14. The molecule has 2 atom stereocenters. The predicted octanol–water partition coefficient (Wildman–Crippen LogP) is 1.26. The molecule has 4 heteroatoms. The summed E-state index contributed by atoms with van der Waals surface area (Å²) >= 11 is 5.84. The maximum Gasteiger partial charge on any atom is 0.236 e. The highest BCUT2D eigenvalue weighted by molar-refractivity contribution is 6.31. The van der Waals surface area contributed by atoms with E-state index in [4.69, 9.17) is 17.3 Å². The number of hydrogen-bond acceptors (Lipinski definition) is 2. The Bertz CT molecular complexity index is 446. The van der Waals surface area contributed by atoms with Gasteiger partial charge in [-0.3, -0.25) is 4.79 Å². The molecule has 1 saturated carbocycles. The molecule has 2 aliphatic rings. The molecule has 1 spiro atoms. The number of nitrogens with two attached hydrogens (primary N) is 1. The van der Waals surface area contributed by atoms with E-state index in [1.807, 2.05) is 6.07 Å². The Morgan fingerprint density at radius 2 is 2.29 bits per heavy atom. The molecule has 1 amide bonds. The van der Waals surface area contributed by atoms with Crippen LogP contribution in [-0.4, -0.2) is 11.9 Å². The number of nitrogens with one attached hydrogen (secondary N) is 1. The highest BCUT2D eigenvalue weighted by Gasteiger charge is 2.63. The molecule has 3 N–H and O–H groups in total. The fourth-order valence-corrected chi connectivity index (χ4v) is 2.40. The molecule has 72 valence electrons. The van der Waals surface area contributed by atoms with E-state index in [1.54, 1.807) is 12.1 Å². The third kappa shape index (κ3) is 0.792. The second-order valence-electron chi connectivity index (χ2n) is 3.93. The van der Waals surface area contributed by atoms with Crippen molar-refractivity contribution in [2.24, 2.45) is 5.73 Å². The van der Waals surface area contributed by atoms with Crippen molar-refractivity contribution in [3.63, 3.8) is 0 Å². The van der Waals surface area contributed by atoms with E-state index >= 15 is 0 Å². The monoisotopic (exact) mass is 208 g/mol. The molecule has 1 heterocycles. The summed E-state index contributed by atoms with van der Waals surface area (Å²) in [5.74, 6) is 0.0160. The number of hydrogen-bond donors (Lipinski definition) is 2. The molecule has 3 rings (SSSR count). The first kappa shape index (κ1) is 8.26. The molecule has 2 unspecified atom stereocenters. The largest absolute Gasteiger partial charge is 0.326 e. The summed E-state index contributed by atoms with van der Waals surface area (Å²) in [4.78, 5) is 11.7. The fourth-order valence-electron chi connectivity index (χ4n) is 2.22. The molecule has 0 aromatic heterocycles. The number of fused-ring (bicyclic) bond motifs is 2. The number of rotatable bonds is 0. The summed E-state index contributed by atoms with van der Waals surface area (Å²) in [7, 11) is 0. The van der Waals surface area contributed by atoms with Gasteiger partial charge in [-0.2, -0.15) is 0 Å². The Hall–Kier alpha value is -1.06. The van der Waals surface area contributed by atoms with Crippen molar-refractivity contribution >= 4 is 23.2 Å². The minimum Gasteiger partial charge on any atom is -0.326 e. The summed E-state index contributed by atoms with van der Waals surface area (Å²) in [6, 6.07) is 5.43. The van der Waals surface area contributed by atoms with E-state index in [2.05, 4.69) is 5.32 Å². The van der Waals surface area contributed by atoms with Crippen LogP contribution in [-0.2, 0) is 10.2 Å². The fraction of sp³-hybridized carbons (Fsp3) is 0.300. The van der Waals surface area contributed by atoms with Gasteiger partial charge in [0, 0.05) is 16.8 Å². The zero-order valence-electron chi connectivity index (χ0n) is 7.38. The van der Waals surface area contributed by atoms with Crippen molar-refractivity contribution in [1.82, 2.24) is 0 Å². The van der Waals surface area contributed by atoms with Gasteiger partial charge in [-0.1, -0.05) is 17.7 Å². The van der Waals surface area contributed by atoms with Crippen LogP contribution in [0.5, 0.6) is 0 Å². The van der Waals surface area contributed by atoms with Crippen LogP contribution < -0.4 is 11.1 Å². The molecule has 1 aliphatic heterocycles. The van der Waals surface area contributed by atoms with Crippen molar-refractivity contribution in [2.45, 2.75) is 17.9 Å². The van der Waals surface area contributed by atoms with Gasteiger partial charge in [-0.25, -0.2) is 0 Å². The molecule has 14 heavy (non-hydrogen) atoms. The maximum atomic E-state index is 11.7. The van der Waals surface area contributed by atoms with Crippen molar-refractivity contribution < 1.29 is 4.79 Å². The average molecular weight is 209 g/mol. The van der Waals surface area contributed by atoms with Crippen LogP contribution in [0.2, 0.25) is 5.02 Å². The van der Waals surface area contributed by atoms with Crippen molar-refractivity contribution in [2.75, 3.05) is 5.32 Å². The summed E-state index contributed by atoms with van der Waals surface area (Å²) in [5.41, 5.74) is 7.18. The second-order valence-corrected chi connectivity index (χ2v) is 4.36. The summed E-state index contributed by atoms with van der Waals surface area (Å²) < 4.78 is 0. The standard InChI is InChI=1S/C10H9ClN2O/c11-5-1-2-6-7(3-5)13-9(14)10(6)4-8(10)12/h1-3,8H,4,12H2,(H,13,14). The minimum absolute atomic E-state index is 0.0160. The van der Waals surface area contributed by atoms with E-state index in [1.165, 1.54) is 0 Å². The number of carbonyl (C=O) groups is 1. The molecule has 1 aliphatic carbocycles. The van der Waals surface area contributed by atoms with E-state index < -0.39 is 5.41 Å². The number of benzene rings is 1. The normalized spacial score (nSPS) is 33.0. The van der Waals surface area contributed by atoms with E-state index in [0.29, 0.717) is 5.02 Å². The van der Waals surface area contributed by atoms with Gasteiger partial charge in [0.05, 0.1) is 5.41 Å². The van der Waals surface area contributed by atoms with Gasteiger partial charge >= 0.3 is 0 Å². The smallest absolute Gasteiger partial charge is 0.236 e. The Morgan fingerprint density at radius 1 is 1.57 bits per heavy atom. The van der Waals surface area contributed by atoms with Crippen molar-refractivity contribution in [1.29, 1.82) is 0 Å². The molecule has 0 radical (unpaired) electrons. The van der Waals surface area contributed by atoms with Gasteiger partial charge < -0.3 is 11.1 Å². The first-order chi connectivity index (χ1) is 6.64. The first-order valence-electron chi connectivity index (χ1n) is 4.51. The van der Waals surface area contributed by atoms with E-state index in [9.17, 15) is 4.79 Å². The van der Waals surface area contributed by atoms with Crippen LogP contribution >= 0.6 is 11.6 Å². The summed E-state index contributed by atoms with van der Waals surface area (Å²) in [5, 5.41) is 3.45. The second kappa shape index (κ2) is 2.30. The summed E-state index contributed by atoms with van der Waals surface area (Å²) in [6.45, 7) is 0. The SMILES string of the molecule is NC1CC12C(=O)Nc1cc(Cl)ccc12. The average Bonchev–Trinajstić information content (AvgIpc) is 2.70. The molecule has 0 saturated heterocycles. The lowest BCUT2D eigenvalue weighted by Gasteiger charge is -2.04. The molecule has 3 nitrogen and oxygen atoms in total. The third-order valence-electron chi connectivity index (χ3n) is 3.13. The minimum atomic E-state index is -0.445. The summed E-state index contributed by atoms with van der Waals surface area (Å²) in [6.07, 6.45) is 0.744. The first-order valence-corrected chi connectivity index (χ1v) is 4.89. The lowest BCUT2D eigenvalue weighted by atomic mass is 9.97. The van der Waals surface area contributed by atoms with Crippen LogP contribution in [0.1, 0.15) is 12.0 Å². The molecule has 0 bridgehead atoms. The third-order valence-corrected chi connectivity index (χ3v) is 3.37. The van der Waals surface area contributed by atoms with Gasteiger partial charge in [-0.05, 0) is 24.1 Å². The molecule has 1 aromatic carbocycles. The van der Waals surface area contributed by atoms with Crippen LogP contribution in [0.15, 0.2) is 18.2 Å². The van der Waals surface area contributed by atoms with Gasteiger partial charge in [0.1, 0.15) is 0 Å². The Kier molecular flexibility index (Phi) is 1.36. The zero-order chi connectivity index (χ0) is 9.92. The van der Waals surface area contributed by atoms with Crippen LogP contribution in [0, 0.1) is 0 Å². The van der Waals surface area contributed by atoms with Gasteiger partial charge in [0.15, 0.2) is 0 Å². The Morgan fingerprint density at radius 3 is 2.93 bits per heavy atom. The quantitative estimate of drug-likeness (QED) is 0.675. The number of amides is 1. The van der Waals surface area contributed by atoms with Gasteiger partial charge in [-0.15, -0.1) is 0 Å². The number of anilines is 1. The highest BCUT2D eigenvalue weighted by Crippen LogP contribution is 2.54. The molecular weight excluding hydrogens is 200 g/mol. The van der Waals surface area contributed by atoms with Gasteiger partial charge in [0.25, 0.3) is 0 Å². The van der Waals surface area contributed by atoms with Crippen LogP contribution in [0.4, 0.5) is 5.69 Å². The van der Waals surface area contributed by atoms with E-state index in [-0.39, 0.29) is 11.9 Å². The Labute approximate surface area is 86.2 Å². The molecular formula is C10H9ClN2O. The Balaban J connectivity index is 2.20. The predicted molar refractivity (Wildman–Crippen MR) is 54.4 cm³/mol. The lowest BCUT2D eigenvalue weighted by molar-refractivity contribution is -0.118. The topological polar surface area (TPSA) is 55.1 Å². The molecule has 1 fully saturated rings. The van der Waals surface area contributed by atoms with Crippen LogP contribution in [0.3, 0.4) is 0 Å². The highest BCUT2D eigenvalue weighted by atomic mass is 35.5. The van der Waals surface area contributed by atoms with Crippen molar-refractivity contribution in [3.8, 4) is 0 Å². The molecule has 1 aromatic rings. The number of halogens is 1. The maximum absolute atomic E-state index is 11.7. The van der Waals surface area contributed by atoms with Gasteiger partial charge in [0.2, 0.25) is 5.91 Å².